The summed E-state index contributed by atoms with van der Waals surface area (Å²) in [4.78, 5) is 37.7. The summed E-state index contributed by atoms with van der Waals surface area (Å²) in [6, 6.07) is 0. The molecule has 0 unspecified atom stereocenters. The van der Waals surface area contributed by atoms with Gasteiger partial charge in [-0.3, -0.25) is 8.97 Å². The molecule has 2 rings (SSSR count). The third-order valence-corrected chi connectivity index (χ3v) is 4.86. The Bertz CT molecular complexity index is 557. The largest absolute Gasteiger partial charge is 0.545 e. The van der Waals surface area contributed by atoms with Crippen molar-refractivity contribution in [2.75, 3.05) is 57.7 Å². The van der Waals surface area contributed by atoms with Gasteiger partial charge >= 0.3 is 0 Å². The maximum Gasteiger partial charge on any atom is 0.208 e. The highest BCUT2D eigenvalue weighted by Crippen LogP contribution is 2.31. The lowest BCUT2D eigenvalue weighted by atomic mass is 10.3. The first-order valence-corrected chi connectivity index (χ1v) is 9.59. The van der Waals surface area contributed by atoms with Gasteiger partial charge in [0.15, 0.2) is 0 Å². The zero-order chi connectivity index (χ0) is 22.5. The Labute approximate surface area is 178 Å². The van der Waals surface area contributed by atoms with Gasteiger partial charge in [-0.25, -0.2) is 0 Å². The number of fused-ring (bicyclic) bond motifs is 2. The van der Waals surface area contributed by atoms with Crippen molar-refractivity contribution >= 4 is 47.1 Å². The van der Waals surface area contributed by atoms with E-state index in [1.807, 2.05) is 0 Å². The van der Waals surface area contributed by atoms with Crippen LogP contribution in [0.1, 0.15) is 0 Å². The van der Waals surface area contributed by atoms with Crippen molar-refractivity contribution in [3.63, 3.8) is 0 Å². The molecule has 0 aliphatic carbocycles. The van der Waals surface area contributed by atoms with E-state index in [4.69, 9.17) is 23.2 Å². The molecular formula is C17H22Cl2N2O8-2. The van der Waals surface area contributed by atoms with Gasteiger partial charge in [0.1, 0.15) is 26.2 Å². The van der Waals surface area contributed by atoms with Gasteiger partial charge < -0.3 is 39.6 Å². The quantitative estimate of drug-likeness (QED) is 0.201. The molecule has 2 aliphatic rings. The number of alkyl halides is 2. The lowest BCUT2D eigenvalue weighted by molar-refractivity contribution is -0.985. The topological polar surface area (TPSA) is 161 Å². The van der Waals surface area contributed by atoms with Gasteiger partial charge in [0.05, 0.1) is 48.7 Å². The Morgan fingerprint density at radius 1 is 0.621 bits per heavy atom. The second kappa shape index (κ2) is 13.2. The van der Waals surface area contributed by atoms with Crippen molar-refractivity contribution in [3.05, 3.63) is 24.3 Å². The minimum Gasteiger partial charge on any atom is -0.545 e. The van der Waals surface area contributed by atoms with Crippen LogP contribution in [0.5, 0.6) is 0 Å². The van der Waals surface area contributed by atoms with E-state index in [2.05, 4.69) is 0 Å². The van der Waals surface area contributed by atoms with E-state index < -0.39 is 23.9 Å². The number of quaternary nitrogens is 2. The number of carboxylic acid groups (broad SMARTS) is 4. The van der Waals surface area contributed by atoms with Crippen LogP contribution in [0.4, 0.5) is 0 Å². The summed E-state index contributed by atoms with van der Waals surface area (Å²) in [7, 11) is 0. The van der Waals surface area contributed by atoms with Crippen LogP contribution in [0.15, 0.2) is 24.3 Å². The predicted octanol–water partition coefficient (Wildman–Crippen LogP) is -4.83. The number of carbonyl (C=O) groups is 4. The molecule has 2 heterocycles. The second-order valence-electron chi connectivity index (χ2n) is 6.49. The number of rotatable bonds is 8. The molecule has 29 heavy (non-hydrogen) atoms. The Hall–Kier alpha value is -2.14. The van der Waals surface area contributed by atoms with Crippen LogP contribution in [0.3, 0.4) is 0 Å². The number of piperazine rings is 1. The van der Waals surface area contributed by atoms with Gasteiger partial charge in [0.2, 0.25) is 6.67 Å². The fourth-order valence-corrected chi connectivity index (χ4v) is 3.93. The van der Waals surface area contributed by atoms with E-state index in [1.165, 1.54) is 41.8 Å². The first kappa shape index (κ1) is 26.9. The average Bonchev–Trinajstić information content (AvgIpc) is 3.15. The molecular weight excluding hydrogens is 431 g/mol. The van der Waals surface area contributed by atoms with Gasteiger partial charge in [0, 0.05) is 0 Å². The number of hydrogen-bond donors (Lipinski definition) is 0. The number of carbonyl (C=O) groups excluding carboxylic acids is 4. The summed E-state index contributed by atoms with van der Waals surface area (Å²) < 4.78 is 2.53. The number of hydrogen-bond acceptors (Lipinski definition) is 8. The molecule has 12 heteroatoms. The molecule has 164 valence electrons. The monoisotopic (exact) mass is 452 g/mol. The molecule has 0 aromatic heterocycles. The van der Waals surface area contributed by atoms with Crippen LogP contribution in [0, 0.1) is 0 Å². The lowest BCUT2D eigenvalue weighted by Crippen LogP contribution is -2.48. The number of halogens is 2. The van der Waals surface area contributed by atoms with E-state index >= 15 is 0 Å². The van der Waals surface area contributed by atoms with Crippen LogP contribution in [-0.2, 0) is 19.2 Å². The number of aliphatic carboxylic acids is 4. The molecule has 0 aromatic rings. The Morgan fingerprint density at radius 2 is 0.862 bits per heavy atom. The third-order valence-electron chi connectivity index (χ3n) is 4.53. The van der Waals surface area contributed by atoms with Crippen LogP contribution >= 0.6 is 23.2 Å². The smallest absolute Gasteiger partial charge is 0.208 e. The molecule has 0 N–H and O–H groups in total. The highest BCUT2D eigenvalue weighted by atomic mass is 35.5. The summed E-state index contributed by atoms with van der Waals surface area (Å²) in [6.45, 7) is 8.90. The van der Waals surface area contributed by atoms with E-state index in [9.17, 15) is 39.6 Å². The molecule has 2 aliphatic heterocycles. The Balaban J connectivity index is 0.000000432. The highest BCUT2D eigenvalue weighted by Gasteiger charge is 2.54. The molecule has 0 aromatic carbocycles. The van der Waals surface area contributed by atoms with E-state index in [-0.39, 0.29) is 0 Å². The van der Waals surface area contributed by atoms with Crippen LogP contribution in [-0.4, -0.2) is 90.5 Å². The fourth-order valence-electron chi connectivity index (χ4n) is 3.21. The summed E-state index contributed by atoms with van der Waals surface area (Å²) in [6.07, 6.45) is 1.54. The Morgan fingerprint density at radius 3 is 1.03 bits per heavy atom. The van der Waals surface area contributed by atoms with Gasteiger partial charge in [0.25, 0.3) is 0 Å². The minimum absolute atomic E-state index is 0.384. The molecule has 2 fully saturated rings. The summed E-state index contributed by atoms with van der Waals surface area (Å²) in [5, 5.41) is 37.7. The average molecular weight is 453 g/mol. The summed E-state index contributed by atoms with van der Waals surface area (Å²) in [5.41, 5.74) is 0. The first-order chi connectivity index (χ1) is 13.5. The van der Waals surface area contributed by atoms with E-state index in [0.717, 1.165) is 24.8 Å². The lowest BCUT2D eigenvalue weighted by Gasteiger charge is -2.26. The van der Waals surface area contributed by atoms with Crippen molar-refractivity contribution in [3.8, 4) is 0 Å². The maximum absolute atomic E-state index is 9.41. The van der Waals surface area contributed by atoms with Crippen LogP contribution in [0.2, 0.25) is 0 Å². The molecule has 0 radical (unpaired) electrons. The third kappa shape index (κ3) is 11.4. The van der Waals surface area contributed by atoms with Gasteiger partial charge in [-0.15, -0.1) is 23.2 Å². The minimum atomic E-state index is -1.55. The summed E-state index contributed by atoms with van der Waals surface area (Å²) >= 11 is 11.7. The van der Waals surface area contributed by atoms with Crippen molar-refractivity contribution in [2.45, 2.75) is 0 Å². The van der Waals surface area contributed by atoms with Crippen LogP contribution < -0.4 is 20.4 Å². The zero-order valence-electron chi connectivity index (χ0n) is 15.6. The predicted molar refractivity (Wildman–Crippen MR) is 94.3 cm³/mol. The van der Waals surface area contributed by atoms with E-state index in [1.54, 1.807) is 0 Å². The normalized spacial score (nSPS) is 24.5. The van der Waals surface area contributed by atoms with Crippen molar-refractivity contribution in [2.24, 2.45) is 0 Å². The van der Waals surface area contributed by atoms with Crippen molar-refractivity contribution in [1.29, 1.82) is 0 Å². The van der Waals surface area contributed by atoms with Crippen molar-refractivity contribution in [1.82, 2.24) is 0 Å². The van der Waals surface area contributed by atoms with Gasteiger partial charge in [-0.1, -0.05) is 0 Å². The molecule has 0 saturated carbocycles. The van der Waals surface area contributed by atoms with Gasteiger partial charge in [-0.05, 0) is 24.3 Å². The van der Waals surface area contributed by atoms with E-state index in [0.29, 0.717) is 24.3 Å². The van der Waals surface area contributed by atoms with Crippen LogP contribution in [0.25, 0.3) is 0 Å². The molecule has 10 nitrogen and oxygen atoms in total. The molecule has 0 spiro atoms. The van der Waals surface area contributed by atoms with Crippen molar-refractivity contribution < 1.29 is 48.6 Å². The molecule has 2 saturated heterocycles. The molecule has 0 amide bonds. The summed E-state index contributed by atoms with van der Waals surface area (Å²) in [5.74, 6) is -4.58. The second-order valence-corrected chi connectivity index (χ2v) is 7.24. The first-order valence-electron chi connectivity index (χ1n) is 8.52. The highest BCUT2D eigenvalue weighted by molar-refractivity contribution is 6.18. The maximum atomic E-state index is 9.41. The fraction of sp³-hybridized carbons (Fsp3) is 0.529. The standard InChI is InChI=1S/C9H18Cl2N2.2C4H4O4/c10-1-3-12-5-7-13(9-12,4-2-11)8-6-12;2*5-3(6)1-2-4(7)8/h1-9H2;2*1-2H,(H,5,6)(H,7,8)/q+2;;/p-4/b;2*2-1-. The molecule has 0 atom stereocenters. The SMILES string of the molecule is ClCC[N+]12CC[N+](CCCl)(CC1)C2.O=C([O-])/C=C\C(=O)[O-].O=C([O-])/C=C\C(=O)[O-]. The Kier molecular flexibility index (Phi) is 12.2. The number of carboxylic acids is 4. The van der Waals surface area contributed by atoms with Gasteiger partial charge in [-0.2, -0.15) is 0 Å². The molecule has 2 bridgehead atoms. The number of nitrogens with zero attached hydrogens (tertiary/aromatic N) is 2. The zero-order valence-corrected chi connectivity index (χ0v) is 17.1.